The molecule has 0 amide bonds. The summed E-state index contributed by atoms with van der Waals surface area (Å²) >= 11 is 0. The summed E-state index contributed by atoms with van der Waals surface area (Å²) in [5.41, 5.74) is 0.835. The molecule has 2 heterocycles. The Kier molecular flexibility index (Phi) is 5.23. The molecule has 1 N–H and O–H groups in total. The lowest BCUT2D eigenvalue weighted by Gasteiger charge is -2.30. The van der Waals surface area contributed by atoms with Crippen molar-refractivity contribution in [1.29, 1.82) is 0 Å². The number of nitrogens with zero attached hydrogens (tertiary/aromatic N) is 1. The van der Waals surface area contributed by atoms with Crippen molar-refractivity contribution in [2.45, 2.75) is 45.2 Å². The van der Waals surface area contributed by atoms with Crippen molar-refractivity contribution in [3.8, 4) is 5.75 Å². The monoisotopic (exact) mass is 316 g/mol. The van der Waals surface area contributed by atoms with Crippen molar-refractivity contribution >= 4 is 11.0 Å². The molecule has 0 bridgehead atoms. The highest BCUT2D eigenvalue weighted by Crippen LogP contribution is 2.31. The van der Waals surface area contributed by atoms with E-state index in [1.165, 1.54) is 32.4 Å². The molecule has 1 fully saturated rings. The first-order chi connectivity index (χ1) is 11.2. The summed E-state index contributed by atoms with van der Waals surface area (Å²) < 4.78 is 11.4. The number of fused-ring (bicyclic) bond motifs is 1. The second-order valence-electron chi connectivity index (χ2n) is 6.68. The van der Waals surface area contributed by atoms with Crippen LogP contribution < -0.4 is 10.1 Å². The van der Waals surface area contributed by atoms with Crippen LogP contribution in [0.15, 0.2) is 28.7 Å². The van der Waals surface area contributed by atoms with Crippen LogP contribution in [0.1, 0.15) is 44.9 Å². The number of methoxy groups -OCH3 is 1. The molecular weight excluding hydrogens is 288 g/mol. The predicted molar refractivity (Wildman–Crippen MR) is 94.1 cm³/mol. The number of furan rings is 1. The quantitative estimate of drug-likeness (QED) is 0.875. The first-order valence-electron chi connectivity index (χ1n) is 8.72. The first kappa shape index (κ1) is 16.3. The van der Waals surface area contributed by atoms with Gasteiger partial charge in [-0.1, -0.05) is 18.6 Å². The maximum atomic E-state index is 6.04. The molecule has 4 nitrogen and oxygen atoms in total. The molecule has 23 heavy (non-hydrogen) atoms. The fourth-order valence-corrected chi connectivity index (χ4v) is 3.52. The molecular formula is C19H28N2O2. The first-order valence-corrected chi connectivity index (χ1v) is 8.72. The fourth-order valence-electron chi connectivity index (χ4n) is 3.52. The highest BCUT2D eigenvalue weighted by molar-refractivity contribution is 5.83. The Balaban J connectivity index is 1.64. The van der Waals surface area contributed by atoms with E-state index in [1.54, 1.807) is 7.11 Å². The van der Waals surface area contributed by atoms with Crippen molar-refractivity contribution in [2.24, 2.45) is 0 Å². The Bertz CT molecular complexity index is 631. The Morgan fingerprint density at radius 2 is 2.00 bits per heavy atom. The van der Waals surface area contributed by atoms with Crippen LogP contribution in [0, 0.1) is 0 Å². The summed E-state index contributed by atoms with van der Waals surface area (Å²) in [6.45, 7) is 8.00. The molecule has 2 atom stereocenters. The number of nitrogens with one attached hydrogen (secondary N) is 1. The van der Waals surface area contributed by atoms with Gasteiger partial charge in [-0.25, -0.2) is 0 Å². The van der Waals surface area contributed by atoms with Gasteiger partial charge in [-0.15, -0.1) is 0 Å². The molecule has 126 valence electrons. The number of ether oxygens (including phenoxy) is 1. The predicted octanol–water partition coefficient (Wildman–Crippen LogP) is 3.97. The van der Waals surface area contributed by atoms with Gasteiger partial charge in [0.15, 0.2) is 11.3 Å². The zero-order valence-corrected chi connectivity index (χ0v) is 14.5. The molecule has 2 aromatic rings. The van der Waals surface area contributed by atoms with E-state index in [1.807, 2.05) is 12.1 Å². The lowest BCUT2D eigenvalue weighted by atomic mass is 10.1. The Hall–Kier alpha value is -1.52. The molecule has 0 saturated carbocycles. The van der Waals surface area contributed by atoms with Gasteiger partial charge < -0.3 is 19.4 Å². The van der Waals surface area contributed by atoms with Crippen LogP contribution in [-0.2, 0) is 0 Å². The largest absolute Gasteiger partial charge is 0.493 e. The van der Waals surface area contributed by atoms with Gasteiger partial charge in [-0.2, -0.15) is 0 Å². The van der Waals surface area contributed by atoms with Gasteiger partial charge in [-0.05, 0) is 51.9 Å². The van der Waals surface area contributed by atoms with E-state index >= 15 is 0 Å². The summed E-state index contributed by atoms with van der Waals surface area (Å²) in [7, 11) is 1.68. The standard InChI is InChI=1S/C19H28N2O2/c1-14(13-21-10-5-4-6-11-21)20-15(2)18-12-16-8-7-9-17(22-3)19(16)23-18/h7-9,12,14-15,20H,4-6,10-11,13H2,1-3H3. The smallest absolute Gasteiger partial charge is 0.176 e. The highest BCUT2D eigenvalue weighted by Gasteiger charge is 2.18. The van der Waals surface area contributed by atoms with Gasteiger partial charge in [0.2, 0.25) is 0 Å². The lowest BCUT2D eigenvalue weighted by molar-refractivity contribution is 0.203. The molecule has 1 aromatic heterocycles. The number of likely N-dealkylation sites (tertiary alicyclic amines) is 1. The summed E-state index contributed by atoms with van der Waals surface area (Å²) in [6.07, 6.45) is 4.06. The van der Waals surface area contributed by atoms with Crippen molar-refractivity contribution < 1.29 is 9.15 Å². The van der Waals surface area contributed by atoms with Crippen LogP contribution in [0.25, 0.3) is 11.0 Å². The zero-order chi connectivity index (χ0) is 16.2. The number of piperidine rings is 1. The molecule has 0 aliphatic carbocycles. The average Bonchev–Trinajstić information content (AvgIpc) is 3.00. The third-order valence-corrected chi connectivity index (χ3v) is 4.69. The van der Waals surface area contributed by atoms with Crippen molar-refractivity contribution in [1.82, 2.24) is 10.2 Å². The summed E-state index contributed by atoms with van der Waals surface area (Å²) in [5.74, 6) is 1.76. The van der Waals surface area contributed by atoms with Gasteiger partial charge >= 0.3 is 0 Å². The van der Waals surface area contributed by atoms with Crippen LogP contribution in [-0.4, -0.2) is 37.7 Å². The topological polar surface area (TPSA) is 37.6 Å². The average molecular weight is 316 g/mol. The third-order valence-electron chi connectivity index (χ3n) is 4.69. The Morgan fingerprint density at radius 3 is 2.74 bits per heavy atom. The Labute approximate surface area is 138 Å². The Morgan fingerprint density at radius 1 is 1.22 bits per heavy atom. The number of rotatable bonds is 6. The molecule has 1 aliphatic rings. The molecule has 3 rings (SSSR count). The van der Waals surface area contributed by atoms with Crippen molar-refractivity contribution in [3.63, 3.8) is 0 Å². The molecule has 0 radical (unpaired) electrons. The van der Waals surface area contributed by atoms with Crippen LogP contribution in [0.4, 0.5) is 0 Å². The highest BCUT2D eigenvalue weighted by atomic mass is 16.5. The summed E-state index contributed by atoms with van der Waals surface area (Å²) in [6, 6.07) is 8.74. The van der Waals surface area contributed by atoms with E-state index in [0.717, 1.165) is 29.0 Å². The van der Waals surface area contributed by atoms with Crippen molar-refractivity contribution in [3.05, 3.63) is 30.0 Å². The van der Waals surface area contributed by atoms with E-state index in [0.29, 0.717) is 6.04 Å². The van der Waals surface area contributed by atoms with Crippen LogP contribution in [0.3, 0.4) is 0 Å². The molecule has 2 unspecified atom stereocenters. The minimum absolute atomic E-state index is 0.187. The number of hydrogen-bond donors (Lipinski definition) is 1. The molecule has 1 aromatic carbocycles. The van der Waals surface area contributed by atoms with Gasteiger partial charge in [0.25, 0.3) is 0 Å². The van der Waals surface area contributed by atoms with Gasteiger partial charge in [-0.3, -0.25) is 0 Å². The van der Waals surface area contributed by atoms with E-state index in [2.05, 4.69) is 36.2 Å². The second kappa shape index (κ2) is 7.37. The minimum atomic E-state index is 0.187. The molecule has 1 saturated heterocycles. The zero-order valence-electron chi connectivity index (χ0n) is 14.5. The van der Waals surface area contributed by atoms with Gasteiger partial charge in [0.1, 0.15) is 5.76 Å². The maximum Gasteiger partial charge on any atom is 0.176 e. The maximum absolute atomic E-state index is 6.04. The van der Waals surface area contributed by atoms with Gasteiger partial charge in [0.05, 0.1) is 13.2 Å². The number of benzene rings is 1. The molecule has 1 aliphatic heterocycles. The van der Waals surface area contributed by atoms with Crippen LogP contribution in [0.2, 0.25) is 0 Å². The minimum Gasteiger partial charge on any atom is -0.493 e. The van der Waals surface area contributed by atoms with E-state index in [9.17, 15) is 0 Å². The van der Waals surface area contributed by atoms with Crippen LogP contribution >= 0.6 is 0 Å². The van der Waals surface area contributed by atoms with Crippen LogP contribution in [0.5, 0.6) is 5.75 Å². The van der Waals surface area contributed by atoms with E-state index < -0.39 is 0 Å². The SMILES string of the molecule is COc1cccc2cc(C(C)NC(C)CN3CCCCC3)oc12. The van der Waals surface area contributed by atoms with E-state index in [-0.39, 0.29) is 6.04 Å². The number of para-hydroxylation sites is 1. The lowest BCUT2D eigenvalue weighted by Crippen LogP contribution is -2.42. The normalized spacial score (nSPS) is 18.9. The number of hydrogen-bond acceptors (Lipinski definition) is 4. The van der Waals surface area contributed by atoms with E-state index in [4.69, 9.17) is 9.15 Å². The summed E-state index contributed by atoms with van der Waals surface area (Å²) in [4.78, 5) is 2.57. The second-order valence-corrected chi connectivity index (χ2v) is 6.68. The fraction of sp³-hybridized carbons (Fsp3) is 0.579. The molecule has 0 spiro atoms. The molecule has 4 heteroatoms. The summed E-state index contributed by atoms with van der Waals surface area (Å²) in [5, 5.41) is 4.76. The van der Waals surface area contributed by atoms with Crippen molar-refractivity contribution in [2.75, 3.05) is 26.7 Å². The third kappa shape index (κ3) is 3.88. The van der Waals surface area contributed by atoms with Gasteiger partial charge in [0, 0.05) is 18.0 Å².